The van der Waals surface area contributed by atoms with Crippen LogP contribution in [0.1, 0.15) is 31.4 Å². The zero-order chi connectivity index (χ0) is 31.7. The Kier molecular flexibility index (Phi) is 11.4. The average molecular weight is 653 g/mol. The number of carbonyl (C=O) groups excluding carboxylic acids is 2. The summed E-state index contributed by atoms with van der Waals surface area (Å²) in [5.41, 5.74) is 1.77. The van der Waals surface area contributed by atoms with Crippen LogP contribution in [0.3, 0.4) is 0 Å². The summed E-state index contributed by atoms with van der Waals surface area (Å²) in [5.74, 6) is -0.900. The van der Waals surface area contributed by atoms with Gasteiger partial charge in [-0.25, -0.2) is 8.42 Å². The molecule has 7 nitrogen and oxygen atoms in total. The van der Waals surface area contributed by atoms with Gasteiger partial charge < -0.3 is 10.2 Å². The summed E-state index contributed by atoms with van der Waals surface area (Å²) in [4.78, 5) is 29.8. The van der Waals surface area contributed by atoms with Crippen molar-refractivity contribution in [3.8, 4) is 0 Å². The molecule has 4 aromatic rings. The fourth-order valence-corrected chi connectivity index (χ4v) is 6.53. The molecule has 2 unspecified atom stereocenters. The molecule has 230 valence electrons. The lowest BCUT2D eigenvalue weighted by Gasteiger charge is -2.34. The molecule has 0 fully saturated rings. The van der Waals surface area contributed by atoms with Crippen molar-refractivity contribution in [2.45, 2.75) is 50.2 Å². The third-order valence-electron chi connectivity index (χ3n) is 7.22. The van der Waals surface area contributed by atoms with Crippen LogP contribution in [0.2, 0.25) is 10.0 Å². The van der Waals surface area contributed by atoms with Gasteiger partial charge >= 0.3 is 0 Å². The Labute approximate surface area is 269 Å². The lowest BCUT2D eigenvalue weighted by atomic mass is 10.0. The third-order valence-corrected chi connectivity index (χ3v) is 9.48. The number of rotatable bonds is 13. The van der Waals surface area contributed by atoms with Crippen molar-refractivity contribution in [3.63, 3.8) is 0 Å². The Hall–Kier alpha value is -3.85. The van der Waals surface area contributed by atoms with Gasteiger partial charge in [0.15, 0.2) is 0 Å². The largest absolute Gasteiger partial charge is 0.352 e. The molecular formula is C34H35Cl2N3O4S. The number of halogens is 2. The maximum Gasteiger partial charge on any atom is 0.264 e. The molecule has 0 aliphatic rings. The maximum absolute atomic E-state index is 14.4. The Morgan fingerprint density at radius 2 is 1.39 bits per heavy atom. The van der Waals surface area contributed by atoms with Crippen LogP contribution in [-0.2, 0) is 32.6 Å². The molecule has 0 aliphatic heterocycles. The van der Waals surface area contributed by atoms with Crippen LogP contribution in [0.5, 0.6) is 0 Å². The molecule has 0 bridgehead atoms. The van der Waals surface area contributed by atoms with Crippen molar-refractivity contribution in [3.05, 3.63) is 130 Å². The number of nitrogens with one attached hydrogen (secondary N) is 1. The molecule has 4 rings (SSSR count). The van der Waals surface area contributed by atoms with E-state index < -0.39 is 28.5 Å². The molecule has 0 aliphatic carbocycles. The van der Waals surface area contributed by atoms with E-state index in [2.05, 4.69) is 5.32 Å². The first kappa shape index (κ1) is 33.1. The predicted molar refractivity (Wildman–Crippen MR) is 176 cm³/mol. The second-order valence-electron chi connectivity index (χ2n) is 10.5. The number of nitrogens with zero attached hydrogens (tertiary/aromatic N) is 2. The Balaban J connectivity index is 1.80. The highest BCUT2D eigenvalue weighted by Crippen LogP contribution is 2.27. The second kappa shape index (κ2) is 15.2. The molecule has 0 spiro atoms. The number of anilines is 1. The topological polar surface area (TPSA) is 86.8 Å². The lowest BCUT2D eigenvalue weighted by Crippen LogP contribution is -2.54. The molecule has 10 heteroatoms. The van der Waals surface area contributed by atoms with Crippen LogP contribution >= 0.6 is 23.2 Å². The van der Waals surface area contributed by atoms with Crippen LogP contribution in [0.15, 0.2) is 114 Å². The van der Waals surface area contributed by atoms with Crippen molar-refractivity contribution in [1.82, 2.24) is 10.2 Å². The van der Waals surface area contributed by atoms with E-state index in [0.29, 0.717) is 22.0 Å². The fraction of sp³-hybridized carbons (Fsp3) is 0.235. The highest BCUT2D eigenvalue weighted by molar-refractivity contribution is 7.92. The van der Waals surface area contributed by atoms with Gasteiger partial charge in [0.1, 0.15) is 12.6 Å². The summed E-state index contributed by atoms with van der Waals surface area (Å²) in [7, 11) is -4.20. The van der Waals surface area contributed by atoms with E-state index in [9.17, 15) is 18.0 Å². The number of hydrogen-bond acceptors (Lipinski definition) is 4. The third kappa shape index (κ3) is 8.62. The first-order valence-electron chi connectivity index (χ1n) is 14.3. The zero-order valence-electron chi connectivity index (χ0n) is 24.6. The minimum absolute atomic E-state index is 0.0181. The Bertz CT molecular complexity index is 1670. The summed E-state index contributed by atoms with van der Waals surface area (Å²) in [6.45, 7) is 3.32. The van der Waals surface area contributed by atoms with Crippen LogP contribution in [-0.4, -0.2) is 43.8 Å². The van der Waals surface area contributed by atoms with Gasteiger partial charge in [-0.05, 0) is 66.9 Å². The van der Waals surface area contributed by atoms with E-state index in [4.69, 9.17) is 23.2 Å². The number of carbonyl (C=O) groups is 2. The van der Waals surface area contributed by atoms with Gasteiger partial charge in [-0.15, -0.1) is 0 Å². The van der Waals surface area contributed by atoms with Crippen LogP contribution in [0.25, 0.3) is 0 Å². The molecule has 2 atom stereocenters. The molecule has 2 amide bonds. The van der Waals surface area contributed by atoms with E-state index in [0.717, 1.165) is 9.87 Å². The molecule has 44 heavy (non-hydrogen) atoms. The van der Waals surface area contributed by atoms with Gasteiger partial charge in [-0.2, -0.15) is 0 Å². The Morgan fingerprint density at radius 3 is 2.00 bits per heavy atom. The van der Waals surface area contributed by atoms with Crippen LogP contribution in [0.4, 0.5) is 5.69 Å². The van der Waals surface area contributed by atoms with Gasteiger partial charge in [0.2, 0.25) is 11.8 Å². The van der Waals surface area contributed by atoms with Gasteiger partial charge in [0, 0.05) is 29.1 Å². The first-order valence-corrected chi connectivity index (χ1v) is 16.5. The minimum atomic E-state index is -4.20. The summed E-state index contributed by atoms with van der Waals surface area (Å²) >= 11 is 12.6. The number of benzene rings is 4. The fourth-order valence-electron chi connectivity index (χ4n) is 4.71. The number of amides is 2. The van der Waals surface area contributed by atoms with Crippen molar-refractivity contribution >= 4 is 50.7 Å². The quantitative estimate of drug-likeness (QED) is 0.173. The van der Waals surface area contributed by atoms with Crippen molar-refractivity contribution in [1.29, 1.82) is 0 Å². The summed E-state index contributed by atoms with van der Waals surface area (Å²) in [6, 6.07) is 29.6. The van der Waals surface area contributed by atoms with E-state index >= 15 is 0 Å². The molecular weight excluding hydrogens is 617 g/mol. The highest BCUT2D eigenvalue weighted by Gasteiger charge is 2.35. The SMILES string of the molecule is CCC(C)NC(=O)C(Cc1ccccc1)N(Cc1cccc(Cl)c1)C(=O)CN(c1cccc(Cl)c1)S(=O)(=O)c1ccccc1. The smallest absolute Gasteiger partial charge is 0.264 e. The van der Waals surface area contributed by atoms with E-state index in [1.807, 2.05) is 50.2 Å². The second-order valence-corrected chi connectivity index (χ2v) is 13.2. The van der Waals surface area contributed by atoms with Gasteiger partial charge in [-0.3, -0.25) is 13.9 Å². The molecule has 0 saturated carbocycles. The lowest BCUT2D eigenvalue weighted by molar-refractivity contribution is -0.140. The first-order chi connectivity index (χ1) is 21.1. The Morgan fingerprint density at radius 1 is 0.795 bits per heavy atom. The molecule has 1 N–H and O–H groups in total. The maximum atomic E-state index is 14.4. The van der Waals surface area contributed by atoms with Gasteiger partial charge in [0.25, 0.3) is 10.0 Å². The minimum Gasteiger partial charge on any atom is -0.352 e. The molecule has 0 aromatic heterocycles. The van der Waals surface area contributed by atoms with Crippen molar-refractivity contribution in [2.75, 3.05) is 10.8 Å². The number of sulfonamides is 1. The summed E-state index contributed by atoms with van der Waals surface area (Å²) < 4.78 is 29.0. The van der Waals surface area contributed by atoms with Crippen molar-refractivity contribution in [2.24, 2.45) is 0 Å². The van der Waals surface area contributed by atoms with Gasteiger partial charge in [0.05, 0.1) is 10.6 Å². The van der Waals surface area contributed by atoms with Crippen molar-refractivity contribution < 1.29 is 18.0 Å². The molecule has 0 saturated heterocycles. The highest BCUT2D eigenvalue weighted by atomic mass is 35.5. The predicted octanol–water partition coefficient (Wildman–Crippen LogP) is 6.74. The van der Waals surface area contributed by atoms with Gasteiger partial charge in [-0.1, -0.05) is 96.9 Å². The average Bonchev–Trinajstić information content (AvgIpc) is 3.02. The summed E-state index contributed by atoms with van der Waals surface area (Å²) in [5, 5.41) is 3.81. The van der Waals surface area contributed by atoms with E-state index in [1.165, 1.54) is 23.1 Å². The standard InChI is InChI=1S/C34H35Cl2N3O4S/c1-3-25(2)37-34(41)32(21-26-12-6-4-7-13-26)38(23-27-14-10-15-28(35)20-27)33(40)24-39(30-17-11-16-29(36)22-30)44(42,43)31-18-8-5-9-19-31/h4-20,22,25,32H,3,21,23-24H2,1-2H3,(H,37,41). The van der Waals surface area contributed by atoms with Crippen LogP contribution in [0, 0.1) is 0 Å². The van der Waals surface area contributed by atoms with Crippen LogP contribution < -0.4 is 9.62 Å². The molecule has 0 heterocycles. The zero-order valence-corrected chi connectivity index (χ0v) is 26.9. The van der Waals surface area contributed by atoms with E-state index in [-0.39, 0.29) is 35.5 Å². The monoisotopic (exact) mass is 651 g/mol. The molecule has 0 radical (unpaired) electrons. The molecule has 4 aromatic carbocycles. The summed E-state index contributed by atoms with van der Waals surface area (Å²) in [6.07, 6.45) is 0.919. The van der Waals surface area contributed by atoms with E-state index in [1.54, 1.807) is 54.6 Å². The normalized spacial score (nSPS) is 12.6. The number of hydrogen-bond donors (Lipinski definition) is 1.